The van der Waals surface area contributed by atoms with Crippen molar-refractivity contribution in [2.24, 2.45) is 0 Å². The molecule has 0 saturated carbocycles. The maximum Gasteiger partial charge on any atom is 0.259 e. The molecule has 2 atom stereocenters. The molecule has 144 valence electrons. The van der Waals surface area contributed by atoms with Gasteiger partial charge >= 0.3 is 0 Å². The number of fused-ring (bicyclic) bond motifs is 3. The molecule has 9 heteroatoms. The van der Waals surface area contributed by atoms with Crippen molar-refractivity contribution in [2.75, 3.05) is 4.83 Å². The van der Waals surface area contributed by atoms with E-state index in [-0.39, 0.29) is 17.9 Å². The molecule has 1 aliphatic heterocycles. The number of rotatable bonds is 4. The standard InChI is InChI=1S/C18H19F2N3O3S/c1-11-5-6-15-13(7-11)10-26-16-9-21-23(17(15)16)22-27(24,25)14-4-2-3-12(8-14)18(19)20/h5-10,14-15,18,22H,2-4H2,1H3. The highest BCUT2D eigenvalue weighted by Gasteiger charge is 2.33. The number of nitrogens with one attached hydrogen (secondary N) is 1. The van der Waals surface area contributed by atoms with Crippen molar-refractivity contribution in [3.63, 3.8) is 0 Å². The third-order valence-corrected chi connectivity index (χ3v) is 6.54. The van der Waals surface area contributed by atoms with Gasteiger partial charge in [-0.3, -0.25) is 0 Å². The molecule has 2 aliphatic carbocycles. The van der Waals surface area contributed by atoms with Gasteiger partial charge in [-0.15, -0.1) is 0 Å². The Morgan fingerprint density at radius 2 is 2.22 bits per heavy atom. The van der Waals surface area contributed by atoms with E-state index in [1.165, 1.54) is 17.1 Å². The highest BCUT2D eigenvalue weighted by atomic mass is 32.2. The van der Waals surface area contributed by atoms with Gasteiger partial charge in [0.05, 0.1) is 18.4 Å². The van der Waals surface area contributed by atoms with E-state index in [1.54, 1.807) is 6.26 Å². The first-order valence-corrected chi connectivity index (χ1v) is 10.2. The van der Waals surface area contributed by atoms with Crippen LogP contribution in [0.15, 0.2) is 53.5 Å². The predicted octanol–water partition coefficient (Wildman–Crippen LogP) is 3.38. The average molecular weight is 395 g/mol. The van der Waals surface area contributed by atoms with Gasteiger partial charge in [0.2, 0.25) is 0 Å². The molecule has 27 heavy (non-hydrogen) atoms. The second kappa shape index (κ2) is 6.63. The minimum Gasteiger partial charge on any atom is -0.461 e. The Balaban J connectivity index is 1.63. The molecule has 0 bridgehead atoms. The summed E-state index contributed by atoms with van der Waals surface area (Å²) in [5.74, 6) is 0.262. The van der Waals surface area contributed by atoms with Crippen molar-refractivity contribution in [1.29, 1.82) is 0 Å². The number of aromatic nitrogens is 2. The lowest BCUT2D eigenvalue weighted by molar-refractivity contribution is 0.182. The van der Waals surface area contributed by atoms with E-state index >= 15 is 0 Å². The molecule has 2 heterocycles. The van der Waals surface area contributed by atoms with Gasteiger partial charge in [-0.1, -0.05) is 29.9 Å². The minimum absolute atomic E-state index is 0.122. The molecular formula is C18H19F2N3O3S. The van der Waals surface area contributed by atoms with Crippen LogP contribution in [0, 0.1) is 0 Å². The predicted molar refractivity (Wildman–Crippen MR) is 96.6 cm³/mol. The third kappa shape index (κ3) is 3.31. The van der Waals surface area contributed by atoms with Crippen LogP contribution in [-0.2, 0) is 10.0 Å². The number of allylic oxidation sites excluding steroid dienone is 6. The molecule has 1 N–H and O–H groups in total. The molecule has 0 spiro atoms. The summed E-state index contributed by atoms with van der Waals surface area (Å²) in [4.78, 5) is 3.60. The Bertz CT molecular complexity index is 989. The van der Waals surface area contributed by atoms with E-state index in [4.69, 9.17) is 4.74 Å². The molecule has 2 unspecified atom stereocenters. The number of hydrogen-bond acceptors (Lipinski definition) is 4. The summed E-state index contributed by atoms with van der Waals surface area (Å²) in [5.41, 5.74) is 2.39. The van der Waals surface area contributed by atoms with Gasteiger partial charge in [0.1, 0.15) is 10.9 Å². The summed E-state index contributed by atoms with van der Waals surface area (Å²) in [5, 5.41) is 3.07. The van der Waals surface area contributed by atoms with Gasteiger partial charge in [-0.2, -0.15) is 9.89 Å². The first-order valence-electron chi connectivity index (χ1n) is 8.66. The molecule has 1 aromatic rings. The van der Waals surface area contributed by atoms with E-state index < -0.39 is 21.7 Å². The highest BCUT2D eigenvalue weighted by molar-refractivity contribution is 7.93. The Kier molecular flexibility index (Phi) is 4.41. The second-order valence-corrected chi connectivity index (χ2v) is 8.75. The summed E-state index contributed by atoms with van der Waals surface area (Å²) < 4.78 is 57.0. The van der Waals surface area contributed by atoms with Crippen molar-refractivity contribution in [3.05, 3.63) is 59.2 Å². The lowest BCUT2D eigenvalue weighted by atomic mass is 9.88. The molecule has 0 saturated heterocycles. The quantitative estimate of drug-likeness (QED) is 0.794. The van der Waals surface area contributed by atoms with E-state index in [0.29, 0.717) is 24.3 Å². The highest BCUT2D eigenvalue weighted by Crippen LogP contribution is 2.40. The van der Waals surface area contributed by atoms with Crippen LogP contribution in [-0.4, -0.2) is 30.0 Å². The fraction of sp³-hybridized carbons (Fsp3) is 0.389. The summed E-state index contributed by atoms with van der Waals surface area (Å²) in [6.07, 6.45) is 8.37. The van der Waals surface area contributed by atoms with Gasteiger partial charge in [-0.25, -0.2) is 22.0 Å². The van der Waals surface area contributed by atoms with E-state index in [2.05, 4.69) is 9.93 Å². The van der Waals surface area contributed by atoms with Crippen molar-refractivity contribution in [3.8, 4) is 5.75 Å². The number of sulfonamides is 1. The van der Waals surface area contributed by atoms with Crippen molar-refractivity contribution >= 4 is 10.0 Å². The zero-order valence-electron chi connectivity index (χ0n) is 14.6. The first kappa shape index (κ1) is 18.0. The molecule has 0 aromatic carbocycles. The molecule has 6 nitrogen and oxygen atoms in total. The van der Waals surface area contributed by atoms with Crippen LogP contribution >= 0.6 is 0 Å². The molecule has 4 rings (SSSR count). The number of hydrogen-bond donors (Lipinski definition) is 1. The Morgan fingerprint density at radius 1 is 1.41 bits per heavy atom. The van der Waals surface area contributed by atoms with Gasteiger partial charge < -0.3 is 4.74 Å². The van der Waals surface area contributed by atoms with Crippen molar-refractivity contribution in [1.82, 2.24) is 9.89 Å². The molecule has 1 aromatic heterocycles. The Labute approximate surface area is 155 Å². The largest absolute Gasteiger partial charge is 0.461 e. The van der Waals surface area contributed by atoms with Crippen molar-refractivity contribution < 1.29 is 21.9 Å². The van der Waals surface area contributed by atoms with Gasteiger partial charge in [-0.05, 0) is 31.8 Å². The first-order chi connectivity index (χ1) is 12.8. The molecule has 0 amide bonds. The van der Waals surface area contributed by atoms with Crippen LogP contribution in [0.2, 0.25) is 0 Å². The van der Waals surface area contributed by atoms with Crippen molar-refractivity contribution in [2.45, 2.75) is 43.8 Å². The third-order valence-electron chi connectivity index (χ3n) is 4.94. The number of nitrogens with zero attached hydrogens (tertiary/aromatic N) is 2. The average Bonchev–Trinajstić information content (AvgIpc) is 3.04. The van der Waals surface area contributed by atoms with E-state index in [0.717, 1.165) is 11.1 Å². The fourth-order valence-corrected chi connectivity index (χ4v) is 4.92. The SMILES string of the molecule is CC1=CC2=COc3cnn(NS(=O)(=O)C4C=C(C(F)F)CCC4)c3C2C=C1. The zero-order valence-corrected chi connectivity index (χ0v) is 15.4. The molecular weight excluding hydrogens is 376 g/mol. The van der Waals surface area contributed by atoms with Crippen LogP contribution in [0.1, 0.15) is 37.8 Å². The zero-order chi connectivity index (χ0) is 19.2. The molecule has 0 fully saturated rings. The van der Waals surface area contributed by atoms with E-state index in [9.17, 15) is 17.2 Å². The minimum atomic E-state index is -3.93. The van der Waals surface area contributed by atoms with Crippen LogP contribution in [0.4, 0.5) is 8.78 Å². The summed E-state index contributed by atoms with van der Waals surface area (Å²) in [7, 11) is -3.93. The molecule has 0 radical (unpaired) electrons. The van der Waals surface area contributed by atoms with Gasteiger partial charge in [0, 0.05) is 5.57 Å². The fourth-order valence-electron chi connectivity index (χ4n) is 3.57. The number of alkyl halides is 2. The van der Waals surface area contributed by atoms with E-state index in [1.807, 2.05) is 25.2 Å². The topological polar surface area (TPSA) is 73.2 Å². The van der Waals surface area contributed by atoms with Gasteiger partial charge in [0.25, 0.3) is 16.4 Å². The number of ether oxygens (including phenoxy) is 1. The maximum atomic E-state index is 13.0. The Morgan fingerprint density at radius 3 is 3.00 bits per heavy atom. The Hall–Kier alpha value is -2.42. The lowest BCUT2D eigenvalue weighted by Crippen LogP contribution is -2.35. The number of halogens is 2. The van der Waals surface area contributed by atoms with Crippen LogP contribution in [0.3, 0.4) is 0 Å². The summed E-state index contributed by atoms with van der Waals surface area (Å²) in [6, 6.07) is 0. The van der Waals surface area contributed by atoms with Crippen LogP contribution in [0.25, 0.3) is 0 Å². The molecule has 3 aliphatic rings. The summed E-state index contributed by atoms with van der Waals surface area (Å²) in [6.45, 7) is 1.96. The normalized spacial score (nSPS) is 24.4. The second-order valence-electron chi connectivity index (χ2n) is 6.88. The van der Waals surface area contributed by atoms with Gasteiger partial charge in [0.15, 0.2) is 5.75 Å². The van der Waals surface area contributed by atoms with Crippen LogP contribution in [0.5, 0.6) is 5.75 Å². The maximum absolute atomic E-state index is 13.0. The monoisotopic (exact) mass is 395 g/mol. The summed E-state index contributed by atoms with van der Waals surface area (Å²) >= 11 is 0. The lowest BCUT2D eigenvalue weighted by Gasteiger charge is -2.26. The smallest absolute Gasteiger partial charge is 0.259 e. The van der Waals surface area contributed by atoms with Crippen LogP contribution < -0.4 is 9.57 Å².